The van der Waals surface area contributed by atoms with Crippen LogP contribution in [-0.4, -0.2) is 55.5 Å². The van der Waals surface area contributed by atoms with Crippen molar-refractivity contribution in [3.63, 3.8) is 0 Å². The van der Waals surface area contributed by atoms with Crippen LogP contribution in [0.25, 0.3) is 0 Å². The molecule has 11 heteroatoms. The van der Waals surface area contributed by atoms with E-state index in [1.807, 2.05) is 0 Å². The summed E-state index contributed by atoms with van der Waals surface area (Å²) in [5, 5.41) is 13.4. The van der Waals surface area contributed by atoms with Gasteiger partial charge in [0.05, 0.1) is 18.6 Å². The van der Waals surface area contributed by atoms with Gasteiger partial charge in [0.15, 0.2) is 0 Å². The maximum Gasteiger partial charge on any atom is 0.490 e. The number of halogens is 5. The van der Waals surface area contributed by atoms with E-state index in [1.165, 1.54) is 18.2 Å². The number of hydrogen-bond donors (Lipinski definition) is 3. The Morgan fingerprint density at radius 3 is 2.50 bits per heavy atom. The van der Waals surface area contributed by atoms with Crippen LogP contribution in [0.15, 0.2) is 18.2 Å². The lowest BCUT2D eigenvalue weighted by atomic mass is 10.1. The molecule has 2 rings (SSSR count). The molecule has 1 aromatic carbocycles. The van der Waals surface area contributed by atoms with E-state index in [9.17, 15) is 22.4 Å². The van der Waals surface area contributed by atoms with Crippen molar-refractivity contribution in [2.75, 3.05) is 20.2 Å². The maximum absolute atomic E-state index is 12.9. The second kappa shape index (κ2) is 9.70. The number of hydrogen-bond acceptors (Lipinski definition) is 4. The molecule has 146 valence electrons. The zero-order valence-electron chi connectivity index (χ0n) is 13.6. The van der Waals surface area contributed by atoms with Crippen LogP contribution in [-0.2, 0) is 20.7 Å². The number of rotatable bonds is 4. The normalized spacial score (nSPS) is 19.5. The molecule has 0 aromatic heterocycles. The fourth-order valence-electron chi connectivity index (χ4n) is 2.14. The van der Waals surface area contributed by atoms with E-state index >= 15 is 0 Å². The minimum atomic E-state index is -5.08. The van der Waals surface area contributed by atoms with Crippen molar-refractivity contribution in [2.45, 2.75) is 24.7 Å². The first-order chi connectivity index (χ1) is 12.0. The first-order valence-electron chi connectivity index (χ1n) is 7.31. The number of carboxylic acid groups (broad SMARTS) is 1. The third-order valence-electron chi connectivity index (χ3n) is 3.42. The molecule has 2 atom stereocenters. The number of ether oxygens (including phenoxy) is 1. The summed E-state index contributed by atoms with van der Waals surface area (Å²) in [4.78, 5) is 20.8. The smallest absolute Gasteiger partial charge is 0.475 e. The molecule has 1 aliphatic heterocycles. The Labute approximate surface area is 151 Å². The molecule has 1 unspecified atom stereocenters. The monoisotopic (exact) mass is 400 g/mol. The topological polar surface area (TPSA) is 87.7 Å². The molecule has 6 nitrogen and oxygen atoms in total. The third-order valence-corrected chi connectivity index (χ3v) is 3.77. The summed E-state index contributed by atoms with van der Waals surface area (Å²) in [6, 6.07) is 3.98. The van der Waals surface area contributed by atoms with E-state index < -0.39 is 18.0 Å². The van der Waals surface area contributed by atoms with Crippen molar-refractivity contribution in [1.82, 2.24) is 10.6 Å². The van der Waals surface area contributed by atoms with Crippen molar-refractivity contribution in [2.24, 2.45) is 0 Å². The molecule has 1 heterocycles. The van der Waals surface area contributed by atoms with Gasteiger partial charge in [-0.05, 0) is 17.7 Å². The summed E-state index contributed by atoms with van der Waals surface area (Å²) in [5.41, 5.74) is 0.612. The van der Waals surface area contributed by atoms with E-state index in [2.05, 4.69) is 10.6 Å². The van der Waals surface area contributed by atoms with E-state index in [0.717, 1.165) is 6.54 Å². The number of nitrogens with one attached hydrogen (secondary N) is 2. The average Bonchev–Trinajstić information content (AvgIpc) is 2.97. The fourth-order valence-corrected chi connectivity index (χ4v) is 2.38. The van der Waals surface area contributed by atoms with Crippen molar-refractivity contribution >= 4 is 23.5 Å². The minimum absolute atomic E-state index is 0.0207. The Morgan fingerprint density at radius 1 is 1.38 bits per heavy atom. The van der Waals surface area contributed by atoms with Crippen molar-refractivity contribution in [3.8, 4) is 0 Å². The molecule has 0 radical (unpaired) electrons. The largest absolute Gasteiger partial charge is 0.490 e. The SMILES string of the molecule is CO[C@H]1CNCC1NC(=O)Cc1ccc(F)cc1Cl.O=C(O)C(F)(F)F. The predicted octanol–water partition coefficient (Wildman–Crippen LogP) is 1.76. The summed E-state index contributed by atoms with van der Waals surface area (Å²) in [7, 11) is 1.62. The summed E-state index contributed by atoms with van der Waals surface area (Å²) < 4.78 is 49.9. The minimum Gasteiger partial charge on any atom is -0.475 e. The number of carbonyl (C=O) groups is 2. The lowest BCUT2D eigenvalue weighted by molar-refractivity contribution is -0.192. The standard InChI is InChI=1S/C13H16ClFN2O2.C2HF3O2/c1-19-12-7-16-6-11(12)17-13(18)4-8-2-3-9(15)5-10(8)14;3-2(4,5)1(6)7/h2-3,5,11-12,16H,4,6-7H2,1H3,(H,17,18);(H,6,7)/t11?,12-;/m0./s1. The molecule has 0 saturated carbocycles. The van der Waals surface area contributed by atoms with Gasteiger partial charge < -0.3 is 20.5 Å². The highest BCUT2D eigenvalue weighted by molar-refractivity contribution is 6.31. The van der Waals surface area contributed by atoms with Crippen LogP contribution in [0.4, 0.5) is 17.6 Å². The highest BCUT2D eigenvalue weighted by Crippen LogP contribution is 2.18. The predicted molar refractivity (Wildman–Crippen MR) is 84.4 cm³/mol. The van der Waals surface area contributed by atoms with Crippen LogP contribution in [0.5, 0.6) is 0 Å². The molecule has 3 N–H and O–H groups in total. The van der Waals surface area contributed by atoms with E-state index in [4.69, 9.17) is 26.2 Å². The van der Waals surface area contributed by atoms with E-state index in [0.29, 0.717) is 12.1 Å². The Bertz CT molecular complexity index is 643. The Hall–Kier alpha value is -1.91. The Balaban J connectivity index is 0.000000412. The molecular formula is C15H17ClF4N2O4. The Morgan fingerprint density at radius 2 is 2.00 bits per heavy atom. The van der Waals surface area contributed by atoms with E-state index in [1.54, 1.807) is 7.11 Å². The first-order valence-corrected chi connectivity index (χ1v) is 7.69. The van der Waals surface area contributed by atoms with Gasteiger partial charge in [0.25, 0.3) is 0 Å². The first kappa shape index (κ1) is 22.1. The molecular weight excluding hydrogens is 384 g/mol. The lowest BCUT2D eigenvalue weighted by Crippen LogP contribution is -2.44. The molecule has 0 aliphatic carbocycles. The van der Waals surface area contributed by atoms with Crippen LogP contribution in [0, 0.1) is 5.82 Å². The Kier molecular flexibility index (Phi) is 8.25. The van der Waals surface area contributed by atoms with Crippen LogP contribution in [0.1, 0.15) is 5.56 Å². The second-order valence-corrected chi connectivity index (χ2v) is 5.73. The van der Waals surface area contributed by atoms with Gasteiger partial charge >= 0.3 is 12.1 Å². The third kappa shape index (κ3) is 7.14. The van der Waals surface area contributed by atoms with Crippen LogP contribution < -0.4 is 10.6 Å². The highest BCUT2D eigenvalue weighted by atomic mass is 35.5. The molecule has 1 aliphatic rings. The van der Waals surface area contributed by atoms with E-state index in [-0.39, 0.29) is 29.5 Å². The summed E-state index contributed by atoms with van der Waals surface area (Å²) in [6.07, 6.45) is -4.97. The van der Waals surface area contributed by atoms with Crippen molar-refractivity contribution < 1.29 is 37.0 Å². The van der Waals surface area contributed by atoms with Crippen LogP contribution in [0.2, 0.25) is 5.02 Å². The molecule has 0 spiro atoms. The number of benzene rings is 1. The number of alkyl halides is 3. The van der Waals surface area contributed by atoms with Crippen LogP contribution in [0.3, 0.4) is 0 Å². The number of methoxy groups -OCH3 is 1. The van der Waals surface area contributed by atoms with Gasteiger partial charge in [-0.2, -0.15) is 13.2 Å². The molecule has 1 amide bonds. The van der Waals surface area contributed by atoms with Crippen LogP contribution >= 0.6 is 11.6 Å². The van der Waals surface area contributed by atoms with Gasteiger partial charge in [-0.1, -0.05) is 17.7 Å². The molecule has 26 heavy (non-hydrogen) atoms. The van der Waals surface area contributed by atoms with Crippen molar-refractivity contribution in [1.29, 1.82) is 0 Å². The fraction of sp³-hybridized carbons (Fsp3) is 0.467. The number of amides is 1. The van der Waals surface area contributed by atoms with Gasteiger partial charge in [0, 0.05) is 25.2 Å². The highest BCUT2D eigenvalue weighted by Gasteiger charge is 2.38. The maximum atomic E-state index is 12.9. The molecule has 1 fully saturated rings. The quantitative estimate of drug-likeness (QED) is 0.670. The molecule has 1 aromatic rings. The van der Waals surface area contributed by atoms with Gasteiger partial charge in [-0.15, -0.1) is 0 Å². The summed E-state index contributed by atoms with van der Waals surface area (Å²) in [5.74, 6) is -3.31. The van der Waals surface area contributed by atoms with Gasteiger partial charge in [-0.3, -0.25) is 4.79 Å². The number of carbonyl (C=O) groups excluding carboxylic acids is 1. The van der Waals surface area contributed by atoms with Gasteiger partial charge in [-0.25, -0.2) is 9.18 Å². The zero-order valence-corrected chi connectivity index (χ0v) is 14.3. The molecule has 1 saturated heterocycles. The average molecular weight is 401 g/mol. The summed E-state index contributed by atoms with van der Waals surface area (Å²) in [6.45, 7) is 1.40. The van der Waals surface area contributed by atoms with Crippen molar-refractivity contribution in [3.05, 3.63) is 34.6 Å². The van der Waals surface area contributed by atoms with Gasteiger partial charge in [0.1, 0.15) is 5.82 Å². The second-order valence-electron chi connectivity index (χ2n) is 5.32. The van der Waals surface area contributed by atoms with Gasteiger partial charge in [0.2, 0.25) is 5.91 Å². The molecule has 0 bridgehead atoms. The zero-order chi connectivity index (χ0) is 19.9. The summed E-state index contributed by atoms with van der Waals surface area (Å²) >= 11 is 5.89. The number of aliphatic carboxylic acids is 1. The lowest BCUT2D eigenvalue weighted by Gasteiger charge is -2.18. The number of carboxylic acids is 1.